The van der Waals surface area contributed by atoms with Crippen LogP contribution < -0.4 is 4.90 Å². The molecule has 0 fully saturated rings. The van der Waals surface area contributed by atoms with Gasteiger partial charge in [-0.25, -0.2) is 4.79 Å². The summed E-state index contributed by atoms with van der Waals surface area (Å²) in [4.78, 5) is 25.7. The number of benzene rings is 2. The van der Waals surface area contributed by atoms with Gasteiger partial charge < -0.3 is 5.11 Å². The molecule has 1 N–H and O–H groups in total. The second-order valence-corrected chi connectivity index (χ2v) is 5.55. The van der Waals surface area contributed by atoms with Crippen molar-refractivity contribution in [2.75, 3.05) is 4.90 Å². The van der Waals surface area contributed by atoms with E-state index in [1.54, 1.807) is 0 Å². The lowest BCUT2D eigenvalue weighted by molar-refractivity contribution is -0.139. The van der Waals surface area contributed by atoms with Gasteiger partial charge in [-0.1, -0.05) is 42.5 Å². The standard InChI is InChI=1S/C18H17NO3/c1-12-6-2-3-7-13(12)11-17(20)19-15-9-5-4-8-14(15)10-16(19)18(21)22/h2-9,16H,10-11H2,1H3,(H,21,22). The highest BCUT2D eigenvalue weighted by atomic mass is 16.4. The lowest BCUT2D eigenvalue weighted by atomic mass is 10.0. The van der Waals surface area contributed by atoms with Gasteiger partial charge in [0.1, 0.15) is 6.04 Å². The van der Waals surface area contributed by atoms with Crippen LogP contribution in [0.2, 0.25) is 0 Å². The van der Waals surface area contributed by atoms with E-state index in [1.165, 1.54) is 4.90 Å². The van der Waals surface area contributed by atoms with Crippen molar-refractivity contribution in [3.05, 3.63) is 65.2 Å². The average molecular weight is 295 g/mol. The second kappa shape index (κ2) is 5.64. The monoisotopic (exact) mass is 295 g/mol. The van der Waals surface area contributed by atoms with Crippen molar-refractivity contribution in [1.29, 1.82) is 0 Å². The molecule has 0 saturated heterocycles. The number of fused-ring (bicyclic) bond motifs is 1. The van der Waals surface area contributed by atoms with Crippen LogP contribution in [-0.4, -0.2) is 23.0 Å². The molecular weight excluding hydrogens is 278 g/mol. The van der Waals surface area contributed by atoms with Crippen LogP contribution in [0, 0.1) is 6.92 Å². The topological polar surface area (TPSA) is 57.6 Å². The van der Waals surface area contributed by atoms with E-state index in [0.717, 1.165) is 16.7 Å². The highest BCUT2D eigenvalue weighted by Gasteiger charge is 2.37. The van der Waals surface area contributed by atoms with Gasteiger partial charge in [-0.2, -0.15) is 0 Å². The lowest BCUT2D eigenvalue weighted by Gasteiger charge is -2.23. The number of carbonyl (C=O) groups excluding carboxylic acids is 1. The van der Waals surface area contributed by atoms with Gasteiger partial charge in [0.15, 0.2) is 0 Å². The SMILES string of the molecule is Cc1ccccc1CC(=O)N1c2ccccc2CC1C(=O)O. The Balaban J connectivity index is 1.92. The Morgan fingerprint density at radius 3 is 2.55 bits per heavy atom. The zero-order chi connectivity index (χ0) is 15.7. The zero-order valence-corrected chi connectivity index (χ0v) is 12.3. The van der Waals surface area contributed by atoms with E-state index in [1.807, 2.05) is 55.5 Å². The lowest BCUT2D eigenvalue weighted by Crippen LogP contribution is -2.43. The number of amides is 1. The van der Waals surface area contributed by atoms with Gasteiger partial charge in [0, 0.05) is 12.1 Å². The highest BCUT2D eigenvalue weighted by molar-refractivity contribution is 6.02. The molecular formula is C18H17NO3. The number of aryl methyl sites for hydroxylation is 1. The number of aliphatic carboxylic acids is 1. The molecule has 22 heavy (non-hydrogen) atoms. The number of hydrogen-bond acceptors (Lipinski definition) is 2. The number of carboxylic acids is 1. The van der Waals surface area contributed by atoms with E-state index in [-0.39, 0.29) is 12.3 Å². The Labute approximate surface area is 129 Å². The summed E-state index contributed by atoms with van der Waals surface area (Å²) in [7, 11) is 0. The summed E-state index contributed by atoms with van der Waals surface area (Å²) in [5.41, 5.74) is 3.60. The third-order valence-corrected chi connectivity index (χ3v) is 4.13. The van der Waals surface area contributed by atoms with Crippen molar-refractivity contribution in [1.82, 2.24) is 0 Å². The molecule has 0 saturated carbocycles. The Morgan fingerprint density at radius 1 is 1.14 bits per heavy atom. The molecule has 2 aromatic rings. The van der Waals surface area contributed by atoms with Gasteiger partial charge >= 0.3 is 5.97 Å². The summed E-state index contributed by atoms with van der Waals surface area (Å²) in [6.07, 6.45) is 0.579. The molecule has 1 aliphatic heterocycles. The molecule has 4 heteroatoms. The van der Waals surface area contributed by atoms with Crippen molar-refractivity contribution in [2.45, 2.75) is 25.8 Å². The third kappa shape index (κ3) is 2.48. The number of para-hydroxylation sites is 1. The molecule has 1 aliphatic rings. The van der Waals surface area contributed by atoms with Crippen molar-refractivity contribution in [2.24, 2.45) is 0 Å². The summed E-state index contributed by atoms with van der Waals surface area (Å²) < 4.78 is 0. The molecule has 0 bridgehead atoms. The van der Waals surface area contributed by atoms with Crippen molar-refractivity contribution < 1.29 is 14.7 Å². The predicted molar refractivity (Wildman–Crippen MR) is 83.9 cm³/mol. The summed E-state index contributed by atoms with van der Waals surface area (Å²) in [5, 5.41) is 9.43. The maximum atomic E-state index is 12.7. The molecule has 0 aliphatic carbocycles. The van der Waals surface area contributed by atoms with Crippen LogP contribution in [0.1, 0.15) is 16.7 Å². The first-order valence-electron chi connectivity index (χ1n) is 7.25. The van der Waals surface area contributed by atoms with Crippen LogP contribution in [0.5, 0.6) is 0 Å². The van der Waals surface area contributed by atoms with Gasteiger partial charge in [0.25, 0.3) is 0 Å². The molecule has 4 nitrogen and oxygen atoms in total. The number of hydrogen-bond donors (Lipinski definition) is 1. The number of nitrogens with zero attached hydrogens (tertiary/aromatic N) is 1. The Bertz CT molecular complexity index is 739. The molecule has 1 amide bonds. The smallest absolute Gasteiger partial charge is 0.327 e. The number of carboxylic acid groups (broad SMARTS) is 1. The number of carbonyl (C=O) groups is 2. The van der Waals surface area contributed by atoms with E-state index in [9.17, 15) is 14.7 Å². The minimum absolute atomic E-state index is 0.174. The molecule has 1 atom stereocenters. The van der Waals surface area contributed by atoms with Crippen LogP contribution in [0.25, 0.3) is 0 Å². The van der Waals surface area contributed by atoms with Crippen molar-refractivity contribution in [3.8, 4) is 0 Å². The number of rotatable bonds is 3. The Morgan fingerprint density at radius 2 is 1.82 bits per heavy atom. The zero-order valence-electron chi connectivity index (χ0n) is 12.3. The highest BCUT2D eigenvalue weighted by Crippen LogP contribution is 2.32. The van der Waals surface area contributed by atoms with Crippen LogP contribution in [0.3, 0.4) is 0 Å². The fraction of sp³-hybridized carbons (Fsp3) is 0.222. The normalized spacial score (nSPS) is 16.4. The molecule has 112 valence electrons. The minimum Gasteiger partial charge on any atom is -0.480 e. The quantitative estimate of drug-likeness (QED) is 0.947. The molecule has 1 unspecified atom stereocenters. The molecule has 0 spiro atoms. The average Bonchev–Trinajstić information content (AvgIpc) is 2.89. The fourth-order valence-electron chi connectivity index (χ4n) is 2.95. The second-order valence-electron chi connectivity index (χ2n) is 5.55. The maximum absolute atomic E-state index is 12.7. The first-order chi connectivity index (χ1) is 10.6. The van der Waals surface area contributed by atoms with Crippen LogP contribution in [0.4, 0.5) is 5.69 Å². The molecule has 3 rings (SSSR count). The maximum Gasteiger partial charge on any atom is 0.327 e. The van der Waals surface area contributed by atoms with E-state index >= 15 is 0 Å². The third-order valence-electron chi connectivity index (χ3n) is 4.13. The molecule has 2 aromatic carbocycles. The summed E-state index contributed by atoms with van der Waals surface area (Å²) >= 11 is 0. The van der Waals surface area contributed by atoms with E-state index in [0.29, 0.717) is 12.1 Å². The van der Waals surface area contributed by atoms with Crippen molar-refractivity contribution in [3.63, 3.8) is 0 Å². The minimum atomic E-state index is -0.964. The van der Waals surface area contributed by atoms with E-state index in [4.69, 9.17) is 0 Å². The van der Waals surface area contributed by atoms with E-state index in [2.05, 4.69) is 0 Å². The van der Waals surface area contributed by atoms with Crippen LogP contribution in [-0.2, 0) is 22.4 Å². The molecule has 0 radical (unpaired) electrons. The summed E-state index contributed by atoms with van der Waals surface area (Å²) in [5.74, 6) is -1.14. The van der Waals surface area contributed by atoms with Gasteiger partial charge in [-0.3, -0.25) is 9.69 Å². The Kier molecular flexibility index (Phi) is 3.67. The van der Waals surface area contributed by atoms with Crippen LogP contribution >= 0.6 is 0 Å². The van der Waals surface area contributed by atoms with Gasteiger partial charge in [0.2, 0.25) is 5.91 Å². The van der Waals surface area contributed by atoms with Gasteiger partial charge in [0.05, 0.1) is 6.42 Å². The Hall–Kier alpha value is -2.62. The van der Waals surface area contributed by atoms with E-state index < -0.39 is 12.0 Å². The van der Waals surface area contributed by atoms with Gasteiger partial charge in [-0.15, -0.1) is 0 Å². The molecule has 0 aromatic heterocycles. The molecule has 1 heterocycles. The van der Waals surface area contributed by atoms with Crippen molar-refractivity contribution >= 4 is 17.6 Å². The van der Waals surface area contributed by atoms with Gasteiger partial charge in [-0.05, 0) is 29.7 Å². The predicted octanol–water partition coefficient (Wildman–Crippen LogP) is 2.58. The largest absolute Gasteiger partial charge is 0.480 e. The summed E-state index contributed by atoms with van der Waals surface area (Å²) in [6, 6.07) is 14.3. The summed E-state index contributed by atoms with van der Waals surface area (Å²) in [6.45, 7) is 1.95. The first kappa shape index (κ1) is 14.3. The number of anilines is 1. The fourth-order valence-corrected chi connectivity index (χ4v) is 2.95. The first-order valence-corrected chi connectivity index (χ1v) is 7.25. The van der Waals surface area contributed by atoms with Crippen LogP contribution in [0.15, 0.2) is 48.5 Å².